The van der Waals surface area contributed by atoms with Gasteiger partial charge in [-0.3, -0.25) is 9.97 Å². The summed E-state index contributed by atoms with van der Waals surface area (Å²) >= 11 is 1.46. The lowest BCUT2D eigenvalue weighted by Gasteiger charge is -2.16. The molecular formula is C26H27N9S. The Morgan fingerprint density at radius 3 is 1.53 bits per heavy atom. The number of thioether (sulfide) groups is 1. The van der Waals surface area contributed by atoms with Crippen molar-refractivity contribution >= 4 is 68.2 Å². The molecule has 36 heavy (non-hydrogen) atoms. The largest absolute Gasteiger partial charge is 0.377 e. The molecule has 0 radical (unpaired) electrons. The molecule has 10 heteroatoms. The van der Waals surface area contributed by atoms with Gasteiger partial charge in [0.2, 0.25) is 11.9 Å². The number of pyridine rings is 2. The summed E-state index contributed by atoms with van der Waals surface area (Å²) in [7, 11) is 8.09. The minimum absolute atomic E-state index is 0.461. The van der Waals surface area contributed by atoms with Crippen molar-refractivity contribution in [3.8, 4) is 0 Å². The van der Waals surface area contributed by atoms with Crippen LogP contribution in [0.3, 0.4) is 0 Å². The highest BCUT2D eigenvalue weighted by Crippen LogP contribution is 2.30. The molecule has 0 spiro atoms. The van der Waals surface area contributed by atoms with Crippen LogP contribution >= 0.6 is 11.8 Å². The maximum atomic E-state index is 4.64. The van der Waals surface area contributed by atoms with Crippen molar-refractivity contribution in [2.75, 3.05) is 54.9 Å². The second-order valence-corrected chi connectivity index (χ2v) is 9.41. The molecule has 2 N–H and O–H groups in total. The highest BCUT2D eigenvalue weighted by molar-refractivity contribution is 7.98. The van der Waals surface area contributed by atoms with Gasteiger partial charge in [0, 0.05) is 74.1 Å². The van der Waals surface area contributed by atoms with Gasteiger partial charge in [0.25, 0.3) is 0 Å². The van der Waals surface area contributed by atoms with E-state index in [4.69, 9.17) is 0 Å². The number of anilines is 6. The van der Waals surface area contributed by atoms with Crippen LogP contribution < -0.4 is 20.4 Å². The van der Waals surface area contributed by atoms with Crippen LogP contribution in [-0.2, 0) is 0 Å². The zero-order chi connectivity index (χ0) is 25.2. The van der Waals surface area contributed by atoms with E-state index in [-0.39, 0.29) is 0 Å². The van der Waals surface area contributed by atoms with Crippen molar-refractivity contribution in [1.29, 1.82) is 0 Å². The molecule has 0 fully saturated rings. The molecule has 182 valence electrons. The first-order valence-corrected chi connectivity index (χ1v) is 12.6. The Hall–Kier alpha value is -4.18. The fourth-order valence-corrected chi connectivity index (χ4v) is 4.37. The van der Waals surface area contributed by atoms with Crippen molar-refractivity contribution in [3.05, 3.63) is 60.9 Å². The van der Waals surface area contributed by atoms with E-state index in [1.807, 2.05) is 83.2 Å². The predicted molar refractivity (Wildman–Crippen MR) is 150 cm³/mol. The second-order valence-electron chi connectivity index (χ2n) is 8.63. The molecule has 3 heterocycles. The molecule has 0 bridgehead atoms. The summed E-state index contributed by atoms with van der Waals surface area (Å²) in [5.74, 6) is 0.922. The molecule has 5 rings (SSSR count). The first kappa shape index (κ1) is 23.6. The molecule has 0 aliphatic rings. The molecule has 0 unspecified atom stereocenters. The van der Waals surface area contributed by atoms with Crippen molar-refractivity contribution in [2.45, 2.75) is 5.16 Å². The number of hydrogen-bond donors (Lipinski definition) is 2. The fraction of sp³-hybridized carbons (Fsp3) is 0.192. The third-order valence-electron chi connectivity index (χ3n) is 5.71. The smallest absolute Gasteiger partial charge is 0.233 e. The van der Waals surface area contributed by atoms with Gasteiger partial charge in [0.15, 0.2) is 5.16 Å². The Morgan fingerprint density at radius 2 is 1.11 bits per heavy atom. The van der Waals surface area contributed by atoms with Crippen LogP contribution in [0.1, 0.15) is 0 Å². The fourth-order valence-electron chi connectivity index (χ4n) is 4.02. The monoisotopic (exact) mass is 497 g/mol. The van der Waals surface area contributed by atoms with Gasteiger partial charge in [-0.2, -0.15) is 15.0 Å². The highest BCUT2D eigenvalue weighted by atomic mass is 32.2. The van der Waals surface area contributed by atoms with E-state index in [1.54, 1.807) is 0 Å². The van der Waals surface area contributed by atoms with Crippen molar-refractivity contribution in [1.82, 2.24) is 24.9 Å². The molecule has 0 atom stereocenters. The molecule has 0 aliphatic heterocycles. The van der Waals surface area contributed by atoms with Gasteiger partial charge in [-0.05, 0) is 54.8 Å². The lowest BCUT2D eigenvalue weighted by molar-refractivity contribution is 0.923. The average Bonchev–Trinajstić information content (AvgIpc) is 2.87. The summed E-state index contributed by atoms with van der Waals surface area (Å²) in [5.41, 5.74) is 5.78. The highest BCUT2D eigenvalue weighted by Gasteiger charge is 2.11. The van der Waals surface area contributed by atoms with E-state index in [0.717, 1.165) is 44.6 Å². The van der Waals surface area contributed by atoms with Crippen LogP contribution in [0, 0.1) is 0 Å². The number of nitrogens with zero attached hydrogens (tertiary/aromatic N) is 7. The number of fused-ring (bicyclic) bond motifs is 2. The molecule has 0 saturated heterocycles. The molecular weight excluding hydrogens is 470 g/mol. The van der Waals surface area contributed by atoms with Crippen LogP contribution in [0.25, 0.3) is 21.8 Å². The quantitative estimate of drug-likeness (QED) is 0.288. The maximum absolute atomic E-state index is 4.64. The van der Waals surface area contributed by atoms with E-state index < -0.39 is 0 Å². The summed E-state index contributed by atoms with van der Waals surface area (Å²) in [6.07, 6.45) is 5.59. The van der Waals surface area contributed by atoms with Crippen molar-refractivity contribution in [3.63, 3.8) is 0 Å². The Morgan fingerprint density at radius 1 is 0.639 bits per heavy atom. The van der Waals surface area contributed by atoms with Gasteiger partial charge in [-0.15, -0.1) is 0 Å². The zero-order valence-corrected chi connectivity index (χ0v) is 21.6. The topological polar surface area (TPSA) is 95.0 Å². The van der Waals surface area contributed by atoms with E-state index in [2.05, 4.69) is 57.5 Å². The molecule has 0 saturated carbocycles. The summed E-state index contributed by atoms with van der Waals surface area (Å²) < 4.78 is 0. The number of hydrogen-bond acceptors (Lipinski definition) is 10. The summed E-state index contributed by atoms with van der Waals surface area (Å²) in [5, 5.41) is 9.39. The van der Waals surface area contributed by atoms with E-state index in [0.29, 0.717) is 17.1 Å². The SMILES string of the molecule is CSc1nc(Nc2ccc3nccc(N(C)C)c3c2)nc(Nc2ccc3nccc(N(C)C)c3c2)n1. The molecule has 3 aromatic heterocycles. The first-order valence-electron chi connectivity index (χ1n) is 11.4. The van der Waals surface area contributed by atoms with Gasteiger partial charge in [-0.1, -0.05) is 11.8 Å². The third-order valence-corrected chi connectivity index (χ3v) is 6.26. The molecule has 0 aliphatic carbocycles. The van der Waals surface area contributed by atoms with Gasteiger partial charge in [-0.25, -0.2) is 0 Å². The Labute approximate surface area is 214 Å². The number of nitrogens with one attached hydrogen (secondary N) is 2. The van der Waals surface area contributed by atoms with E-state index >= 15 is 0 Å². The standard InChI is InChI=1S/C26H27N9S/c1-34(2)22-10-12-27-20-8-6-16(14-18(20)22)29-24-31-25(33-26(32-24)36-5)30-17-7-9-21-19(15-17)23(35(3)4)11-13-28-21/h6-15H,1-5H3,(H2,29,30,31,32,33). The number of benzene rings is 2. The molecule has 2 aromatic carbocycles. The zero-order valence-electron chi connectivity index (χ0n) is 20.8. The van der Waals surface area contributed by atoms with Gasteiger partial charge >= 0.3 is 0 Å². The van der Waals surface area contributed by atoms with Crippen LogP contribution in [0.2, 0.25) is 0 Å². The third kappa shape index (κ3) is 4.80. The lowest BCUT2D eigenvalue weighted by atomic mass is 10.1. The molecule has 5 aromatic rings. The molecule has 9 nitrogen and oxygen atoms in total. The van der Waals surface area contributed by atoms with Gasteiger partial charge < -0.3 is 20.4 Å². The maximum Gasteiger partial charge on any atom is 0.233 e. The van der Waals surface area contributed by atoms with Crippen LogP contribution in [0.15, 0.2) is 66.1 Å². The predicted octanol–water partition coefficient (Wildman–Crippen LogP) is 5.31. The Bertz CT molecular complexity index is 1440. The minimum atomic E-state index is 0.461. The summed E-state index contributed by atoms with van der Waals surface area (Å²) in [4.78, 5) is 26.9. The van der Waals surface area contributed by atoms with Gasteiger partial charge in [0.05, 0.1) is 11.0 Å². The van der Waals surface area contributed by atoms with Crippen molar-refractivity contribution in [2.24, 2.45) is 0 Å². The number of rotatable bonds is 7. The second kappa shape index (κ2) is 9.82. The minimum Gasteiger partial charge on any atom is -0.377 e. The van der Waals surface area contributed by atoms with Crippen LogP contribution in [0.4, 0.5) is 34.6 Å². The van der Waals surface area contributed by atoms with Crippen LogP contribution in [-0.4, -0.2) is 59.4 Å². The van der Waals surface area contributed by atoms with Gasteiger partial charge in [0.1, 0.15) is 0 Å². The van der Waals surface area contributed by atoms with Crippen molar-refractivity contribution < 1.29 is 0 Å². The van der Waals surface area contributed by atoms with E-state index in [9.17, 15) is 0 Å². The normalized spacial score (nSPS) is 11.0. The summed E-state index contributed by atoms with van der Waals surface area (Å²) in [6, 6.07) is 16.1. The Kier molecular flexibility index (Phi) is 6.43. The number of aromatic nitrogens is 5. The lowest BCUT2D eigenvalue weighted by Crippen LogP contribution is -2.09. The van der Waals surface area contributed by atoms with E-state index in [1.165, 1.54) is 11.8 Å². The van der Waals surface area contributed by atoms with Crippen LogP contribution in [0.5, 0.6) is 0 Å². The molecule has 0 amide bonds. The summed E-state index contributed by atoms with van der Waals surface area (Å²) in [6.45, 7) is 0. The first-order chi connectivity index (χ1) is 17.4. The Balaban J connectivity index is 1.47. The average molecular weight is 498 g/mol.